The highest BCUT2D eigenvalue weighted by Gasteiger charge is 2.52. The molecule has 0 aromatic heterocycles. The highest BCUT2D eigenvalue weighted by molar-refractivity contribution is 7.86. The van der Waals surface area contributed by atoms with Gasteiger partial charge >= 0.3 is 10.2 Å². The quantitative estimate of drug-likeness (QED) is 0.295. The monoisotopic (exact) mass is 439 g/mol. The summed E-state index contributed by atoms with van der Waals surface area (Å²) in [5, 5.41) is 11.1. The van der Waals surface area contributed by atoms with Gasteiger partial charge in [-0.25, -0.2) is 0 Å². The van der Waals surface area contributed by atoms with Crippen molar-refractivity contribution in [2.75, 3.05) is 0 Å². The van der Waals surface area contributed by atoms with Crippen molar-refractivity contribution in [3.63, 3.8) is 0 Å². The van der Waals surface area contributed by atoms with Crippen LogP contribution in [0.15, 0.2) is 84.9 Å². The lowest BCUT2D eigenvalue weighted by molar-refractivity contribution is -0.384. The van der Waals surface area contributed by atoms with Crippen LogP contribution in [0.4, 0.5) is 5.69 Å². The average molecular weight is 439 g/mol. The molecule has 1 heterocycles. The molecule has 1 saturated heterocycles. The Morgan fingerprint density at radius 1 is 1.03 bits per heavy atom. The first-order valence-corrected chi connectivity index (χ1v) is 11.1. The van der Waals surface area contributed by atoms with E-state index >= 15 is 0 Å². The third kappa shape index (κ3) is 4.49. The van der Waals surface area contributed by atoms with Crippen molar-refractivity contribution in [3.8, 4) is 0 Å². The van der Waals surface area contributed by atoms with Crippen LogP contribution in [0.2, 0.25) is 0 Å². The zero-order valence-electron chi connectivity index (χ0n) is 16.7. The standard InChI is InChI=1S/C22H21N3O5S/c1-17(19-11-6-3-7-12-19)23(16-18-9-4-2-5-10-18)31(28,29)25-22(30-25)20-13-8-14-21(15-20)24(26)27/h2-15,17,22H,16H2,1H3. The number of nitrogens with zero attached hydrogens (tertiary/aromatic N) is 3. The molecule has 0 saturated carbocycles. The summed E-state index contributed by atoms with van der Waals surface area (Å²) in [6.07, 6.45) is -0.897. The first-order valence-electron chi connectivity index (χ1n) is 9.69. The lowest BCUT2D eigenvalue weighted by Gasteiger charge is -2.28. The summed E-state index contributed by atoms with van der Waals surface area (Å²) in [4.78, 5) is 15.9. The second kappa shape index (κ2) is 8.56. The molecule has 8 nitrogen and oxygen atoms in total. The molecular weight excluding hydrogens is 418 g/mol. The van der Waals surface area contributed by atoms with Crippen molar-refractivity contribution in [2.45, 2.75) is 25.7 Å². The number of nitro benzene ring substituents is 1. The second-order valence-electron chi connectivity index (χ2n) is 7.19. The molecule has 0 spiro atoms. The van der Waals surface area contributed by atoms with Gasteiger partial charge in [0.2, 0.25) is 0 Å². The molecule has 1 fully saturated rings. The van der Waals surface area contributed by atoms with Crippen LogP contribution in [-0.2, 0) is 21.6 Å². The predicted molar refractivity (Wildman–Crippen MR) is 115 cm³/mol. The maximum absolute atomic E-state index is 13.5. The average Bonchev–Trinajstić information content (AvgIpc) is 3.60. The molecule has 0 radical (unpaired) electrons. The molecule has 1 aliphatic heterocycles. The number of hydrogen-bond acceptors (Lipinski definition) is 5. The second-order valence-corrected chi connectivity index (χ2v) is 8.92. The molecular formula is C22H21N3O5S. The van der Waals surface area contributed by atoms with Gasteiger partial charge in [0.1, 0.15) is 0 Å². The molecule has 0 amide bonds. The molecule has 0 bridgehead atoms. The minimum Gasteiger partial charge on any atom is -0.258 e. The summed E-state index contributed by atoms with van der Waals surface area (Å²) in [5.74, 6) is 0. The summed E-state index contributed by atoms with van der Waals surface area (Å²) in [6, 6.07) is 24.0. The van der Waals surface area contributed by atoms with E-state index in [-0.39, 0.29) is 12.2 Å². The maximum atomic E-state index is 13.5. The van der Waals surface area contributed by atoms with Crippen molar-refractivity contribution in [1.29, 1.82) is 0 Å². The first-order chi connectivity index (χ1) is 14.9. The SMILES string of the molecule is CC(c1ccccc1)N(Cc1ccccc1)S(=O)(=O)N1OC1c1cccc([N+](=O)[O-])c1. The summed E-state index contributed by atoms with van der Waals surface area (Å²) in [7, 11) is -4.03. The molecule has 3 aromatic rings. The Morgan fingerprint density at radius 3 is 2.32 bits per heavy atom. The van der Waals surface area contributed by atoms with Crippen LogP contribution in [0.5, 0.6) is 0 Å². The summed E-state index contributed by atoms with van der Waals surface area (Å²) in [5.41, 5.74) is 1.97. The van der Waals surface area contributed by atoms with E-state index in [4.69, 9.17) is 4.84 Å². The van der Waals surface area contributed by atoms with Crippen LogP contribution >= 0.6 is 0 Å². The highest BCUT2D eigenvalue weighted by Crippen LogP contribution is 2.43. The van der Waals surface area contributed by atoms with Crippen molar-refractivity contribution >= 4 is 15.9 Å². The van der Waals surface area contributed by atoms with Crippen LogP contribution < -0.4 is 0 Å². The Hall–Kier alpha value is -3.11. The van der Waals surface area contributed by atoms with Crippen LogP contribution in [0.1, 0.15) is 35.9 Å². The maximum Gasteiger partial charge on any atom is 0.308 e. The highest BCUT2D eigenvalue weighted by atomic mass is 32.2. The molecule has 0 aliphatic carbocycles. The number of non-ortho nitro benzene ring substituents is 1. The third-order valence-corrected chi connectivity index (χ3v) is 6.91. The molecule has 4 rings (SSSR count). The van der Waals surface area contributed by atoms with Gasteiger partial charge in [-0.15, -0.1) is 0 Å². The molecule has 3 atom stereocenters. The van der Waals surface area contributed by atoms with Gasteiger partial charge in [-0.3, -0.25) is 15.0 Å². The number of rotatable bonds is 8. The number of hydroxylamine groups is 1. The fourth-order valence-corrected chi connectivity index (χ4v) is 5.00. The van der Waals surface area contributed by atoms with E-state index in [0.717, 1.165) is 15.6 Å². The minimum absolute atomic E-state index is 0.121. The fraction of sp³-hybridized carbons (Fsp3) is 0.182. The molecule has 9 heteroatoms. The largest absolute Gasteiger partial charge is 0.308 e. The Bertz CT molecular complexity index is 1170. The molecule has 0 N–H and O–H groups in total. The van der Waals surface area contributed by atoms with Crippen LogP contribution in [0.3, 0.4) is 0 Å². The molecule has 1 aliphatic rings. The lowest BCUT2D eigenvalue weighted by Crippen LogP contribution is -2.37. The topological polar surface area (TPSA) is 96.1 Å². The Balaban J connectivity index is 1.64. The van der Waals surface area contributed by atoms with Gasteiger partial charge in [0, 0.05) is 30.3 Å². The molecule has 3 aromatic carbocycles. The van der Waals surface area contributed by atoms with Crippen molar-refractivity contribution in [1.82, 2.24) is 8.77 Å². The van der Waals surface area contributed by atoms with E-state index in [1.807, 2.05) is 67.6 Å². The van der Waals surface area contributed by atoms with Gasteiger partial charge in [-0.1, -0.05) is 72.8 Å². The van der Waals surface area contributed by atoms with Gasteiger partial charge < -0.3 is 0 Å². The normalized spacial score (nSPS) is 19.2. The molecule has 31 heavy (non-hydrogen) atoms. The van der Waals surface area contributed by atoms with E-state index in [9.17, 15) is 18.5 Å². The van der Waals surface area contributed by atoms with Gasteiger partial charge in [0.05, 0.1) is 4.92 Å². The van der Waals surface area contributed by atoms with Crippen LogP contribution in [-0.4, -0.2) is 22.1 Å². The lowest BCUT2D eigenvalue weighted by atomic mass is 10.1. The van der Waals surface area contributed by atoms with E-state index in [1.165, 1.54) is 22.5 Å². The smallest absolute Gasteiger partial charge is 0.258 e. The zero-order valence-corrected chi connectivity index (χ0v) is 17.6. The van der Waals surface area contributed by atoms with E-state index in [1.54, 1.807) is 6.07 Å². The van der Waals surface area contributed by atoms with E-state index in [2.05, 4.69) is 0 Å². The minimum atomic E-state index is -4.03. The Morgan fingerprint density at radius 2 is 1.68 bits per heavy atom. The van der Waals surface area contributed by atoms with Crippen molar-refractivity contribution in [2.24, 2.45) is 0 Å². The zero-order chi connectivity index (χ0) is 22.0. The van der Waals surface area contributed by atoms with Gasteiger partial charge in [0.25, 0.3) is 5.69 Å². The van der Waals surface area contributed by atoms with E-state index in [0.29, 0.717) is 5.56 Å². The summed E-state index contributed by atoms with van der Waals surface area (Å²) >= 11 is 0. The predicted octanol–water partition coefficient (Wildman–Crippen LogP) is 4.35. The number of benzene rings is 3. The molecule has 3 unspecified atom stereocenters. The van der Waals surface area contributed by atoms with Crippen molar-refractivity contribution in [3.05, 3.63) is 112 Å². The van der Waals surface area contributed by atoms with Gasteiger partial charge in [-0.2, -0.15) is 12.7 Å². The Labute approximate surface area is 180 Å². The number of nitro groups is 1. The van der Waals surface area contributed by atoms with Crippen molar-refractivity contribution < 1.29 is 18.2 Å². The van der Waals surface area contributed by atoms with Gasteiger partial charge in [0.15, 0.2) is 6.23 Å². The Kier molecular flexibility index (Phi) is 5.84. The van der Waals surface area contributed by atoms with E-state index < -0.39 is 27.4 Å². The fourth-order valence-electron chi connectivity index (χ4n) is 3.40. The summed E-state index contributed by atoms with van der Waals surface area (Å²) in [6.45, 7) is 1.97. The van der Waals surface area contributed by atoms with Gasteiger partial charge in [-0.05, 0) is 22.5 Å². The molecule has 160 valence electrons. The van der Waals surface area contributed by atoms with Crippen LogP contribution in [0, 0.1) is 10.1 Å². The summed E-state index contributed by atoms with van der Waals surface area (Å²) < 4.78 is 29.3. The third-order valence-electron chi connectivity index (χ3n) is 5.13. The van der Waals surface area contributed by atoms with Crippen LogP contribution in [0.25, 0.3) is 0 Å². The number of hydrogen-bond donors (Lipinski definition) is 0. The first kappa shape index (κ1) is 21.1.